The van der Waals surface area contributed by atoms with Gasteiger partial charge >= 0.3 is 0 Å². The van der Waals surface area contributed by atoms with E-state index in [2.05, 4.69) is 18.4 Å². The van der Waals surface area contributed by atoms with Crippen LogP contribution in [0.2, 0.25) is 0 Å². The number of nitrogens with two attached hydrogens (primary N) is 1. The van der Waals surface area contributed by atoms with Crippen molar-refractivity contribution in [1.29, 1.82) is 0 Å². The summed E-state index contributed by atoms with van der Waals surface area (Å²) in [6.07, 6.45) is 2.61. The third-order valence-corrected chi connectivity index (χ3v) is 3.50. The highest BCUT2D eigenvalue weighted by atomic mass is 16.5. The first-order valence-electron chi connectivity index (χ1n) is 5.86. The molecule has 1 aromatic rings. The smallest absolute Gasteiger partial charge is 0.244 e. The number of carbonyl (C=O) groups is 1. The van der Waals surface area contributed by atoms with E-state index in [9.17, 15) is 4.79 Å². The van der Waals surface area contributed by atoms with E-state index >= 15 is 0 Å². The van der Waals surface area contributed by atoms with E-state index in [1.807, 2.05) is 12.1 Å². The van der Waals surface area contributed by atoms with Gasteiger partial charge in [0.1, 0.15) is 5.75 Å². The highest BCUT2D eigenvalue weighted by molar-refractivity contribution is 5.91. The predicted molar refractivity (Wildman–Crippen MR) is 65.6 cm³/mol. The van der Waals surface area contributed by atoms with Crippen LogP contribution in [-0.4, -0.2) is 13.0 Å². The fourth-order valence-corrected chi connectivity index (χ4v) is 2.23. The monoisotopic (exact) mass is 234 g/mol. The van der Waals surface area contributed by atoms with Crippen LogP contribution < -0.4 is 16.0 Å². The van der Waals surface area contributed by atoms with Crippen LogP contribution in [0.4, 0.5) is 0 Å². The molecule has 4 heteroatoms. The molecule has 1 fully saturated rings. The van der Waals surface area contributed by atoms with Crippen LogP contribution in [0.5, 0.6) is 5.75 Å². The van der Waals surface area contributed by atoms with Crippen molar-refractivity contribution < 1.29 is 9.53 Å². The first-order chi connectivity index (χ1) is 8.17. The first-order valence-corrected chi connectivity index (χ1v) is 5.86. The molecule has 0 unspecified atom stereocenters. The van der Waals surface area contributed by atoms with Gasteiger partial charge in [0.2, 0.25) is 5.91 Å². The average molecular weight is 234 g/mol. The molecule has 17 heavy (non-hydrogen) atoms. The van der Waals surface area contributed by atoms with Crippen molar-refractivity contribution in [1.82, 2.24) is 5.43 Å². The van der Waals surface area contributed by atoms with Gasteiger partial charge in [0, 0.05) is 5.56 Å². The molecule has 0 aliphatic heterocycles. The molecule has 1 aliphatic rings. The molecule has 0 heterocycles. The van der Waals surface area contributed by atoms with Gasteiger partial charge in [-0.1, -0.05) is 19.1 Å². The van der Waals surface area contributed by atoms with Gasteiger partial charge in [-0.15, -0.1) is 0 Å². The Labute approximate surface area is 101 Å². The van der Waals surface area contributed by atoms with E-state index in [-0.39, 0.29) is 5.91 Å². The Morgan fingerprint density at radius 3 is 2.71 bits per heavy atom. The zero-order chi connectivity index (χ0) is 12.5. The molecule has 1 saturated carbocycles. The molecule has 0 radical (unpaired) electrons. The molecule has 3 N–H and O–H groups in total. The minimum absolute atomic E-state index is 0.121. The van der Waals surface area contributed by atoms with Crippen molar-refractivity contribution in [2.45, 2.75) is 31.6 Å². The molecular formula is C13H18N2O2. The Morgan fingerprint density at radius 2 is 2.24 bits per heavy atom. The lowest BCUT2D eigenvalue weighted by molar-refractivity contribution is -0.123. The van der Waals surface area contributed by atoms with Crippen molar-refractivity contribution in [3.05, 3.63) is 29.3 Å². The Balaban J connectivity index is 2.46. The van der Waals surface area contributed by atoms with E-state index < -0.39 is 5.41 Å². The van der Waals surface area contributed by atoms with Gasteiger partial charge in [-0.3, -0.25) is 10.2 Å². The summed E-state index contributed by atoms with van der Waals surface area (Å²) in [6, 6.07) is 6.01. The van der Waals surface area contributed by atoms with Crippen LogP contribution in [0.3, 0.4) is 0 Å². The zero-order valence-electron chi connectivity index (χ0n) is 10.2. The molecule has 2 rings (SSSR count). The molecule has 4 nitrogen and oxygen atoms in total. The Bertz CT molecular complexity index is 439. The van der Waals surface area contributed by atoms with E-state index in [1.54, 1.807) is 7.11 Å². The van der Waals surface area contributed by atoms with Gasteiger partial charge in [0.05, 0.1) is 12.5 Å². The maximum atomic E-state index is 11.9. The van der Waals surface area contributed by atoms with E-state index in [0.29, 0.717) is 0 Å². The number of rotatable bonds is 4. The Morgan fingerprint density at radius 1 is 1.53 bits per heavy atom. The molecule has 1 aromatic carbocycles. The summed E-state index contributed by atoms with van der Waals surface area (Å²) in [5.41, 5.74) is 3.96. The number of nitrogens with one attached hydrogen (secondary N) is 1. The maximum Gasteiger partial charge on any atom is 0.244 e. The van der Waals surface area contributed by atoms with Crippen LogP contribution in [-0.2, 0) is 16.6 Å². The second-order valence-corrected chi connectivity index (χ2v) is 4.44. The topological polar surface area (TPSA) is 64.3 Å². The van der Waals surface area contributed by atoms with Crippen LogP contribution >= 0.6 is 0 Å². The van der Waals surface area contributed by atoms with Gasteiger partial charge in [-0.05, 0) is 30.9 Å². The minimum Gasteiger partial charge on any atom is -0.496 e. The summed E-state index contributed by atoms with van der Waals surface area (Å²) in [7, 11) is 1.63. The fourth-order valence-electron chi connectivity index (χ4n) is 2.23. The standard InChI is InChI=1S/C13H18N2O2/c1-3-9-4-5-11(17-2)10(8-9)13(6-7-13)12(16)15-14/h4-5,8H,3,6-7,14H2,1-2H3,(H,15,16). The number of hydrazine groups is 1. The summed E-state index contributed by atoms with van der Waals surface area (Å²) >= 11 is 0. The van der Waals surface area contributed by atoms with Crippen LogP contribution in [0.15, 0.2) is 18.2 Å². The number of methoxy groups -OCH3 is 1. The second-order valence-electron chi connectivity index (χ2n) is 4.44. The number of amides is 1. The molecular weight excluding hydrogens is 216 g/mol. The fraction of sp³-hybridized carbons (Fsp3) is 0.462. The zero-order valence-corrected chi connectivity index (χ0v) is 10.2. The molecule has 1 amide bonds. The molecule has 92 valence electrons. The highest BCUT2D eigenvalue weighted by Crippen LogP contribution is 2.51. The summed E-state index contributed by atoms with van der Waals surface area (Å²) in [4.78, 5) is 11.9. The SMILES string of the molecule is CCc1ccc(OC)c(C2(C(=O)NN)CC2)c1. The molecule has 0 aromatic heterocycles. The van der Waals surface area contributed by atoms with Crippen LogP contribution in [0, 0.1) is 0 Å². The van der Waals surface area contributed by atoms with Crippen molar-refractivity contribution in [3.8, 4) is 5.75 Å². The summed E-state index contributed by atoms with van der Waals surface area (Å²) in [5.74, 6) is 5.90. The predicted octanol–water partition coefficient (Wildman–Crippen LogP) is 1.28. The molecule has 0 spiro atoms. The van der Waals surface area contributed by atoms with Crippen LogP contribution in [0.25, 0.3) is 0 Å². The average Bonchev–Trinajstić information content (AvgIpc) is 3.18. The number of hydrogen-bond donors (Lipinski definition) is 2. The summed E-state index contributed by atoms with van der Waals surface area (Å²) < 4.78 is 5.35. The minimum atomic E-state index is -0.467. The quantitative estimate of drug-likeness (QED) is 0.468. The third-order valence-electron chi connectivity index (χ3n) is 3.50. The van der Waals surface area contributed by atoms with Gasteiger partial charge in [0.25, 0.3) is 0 Å². The highest BCUT2D eigenvalue weighted by Gasteiger charge is 2.52. The van der Waals surface area contributed by atoms with Gasteiger partial charge in [-0.25, -0.2) is 5.84 Å². The maximum absolute atomic E-state index is 11.9. The Kier molecular flexibility index (Phi) is 3.07. The number of carbonyl (C=O) groups excluding carboxylic acids is 1. The third kappa shape index (κ3) is 1.89. The van der Waals surface area contributed by atoms with Gasteiger partial charge < -0.3 is 4.74 Å². The Hall–Kier alpha value is -1.55. The molecule has 0 saturated heterocycles. The van der Waals surface area contributed by atoms with Crippen molar-refractivity contribution in [2.75, 3.05) is 7.11 Å². The number of hydrogen-bond acceptors (Lipinski definition) is 3. The normalized spacial score (nSPS) is 16.4. The molecule has 1 aliphatic carbocycles. The number of aryl methyl sites for hydroxylation is 1. The van der Waals surface area contributed by atoms with Crippen molar-refractivity contribution in [2.24, 2.45) is 5.84 Å². The van der Waals surface area contributed by atoms with E-state index in [4.69, 9.17) is 10.6 Å². The second kappa shape index (κ2) is 4.37. The summed E-state index contributed by atoms with van der Waals surface area (Å²) in [5, 5.41) is 0. The van der Waals surface area contributed by atoms with E-state index in [1.165, 1.54) is 5.56 Å². The lowest BCUT2D eigenvalue weighted by atomic mass is 9.92. The van der Waals surface area contributed by atoms with Crippen LogP contribution in [0.1, 0.15) is 30.9 Å². The summed E-state index contributed by atoms with van der Waals surface area (Å²) in [6.45, 7) is 2.09. The lowest BCUT2D eigenvalue weighted by Crippen LogP contribution is -2.39. The van der Waals surface area contributed by atoms with E-state index in [0.717, 1.165) is 30.6 Å². The largest absolute Gasteiger partial charge is 0.496 e. The first kappa shape index (κ1) is 11.9. The lowest BCUT2D eigenvalue weighted by Gasteiger charge is -2.18. The molecule has 0 atom stereocenters. The van der Waals surface area contributed by atoms with Gasteiger partial charge in [0.15, 0.2) is 0 Å². The number of benzene rings is 1. The van der Waals surface area contributed by atoms with Crippen molar-refractivity contribution >= 4 is 5.91 Å². The number of ether oxygens (including phenoxy) is 1. The molecule has 0 bridgehead atoms. The van der Waals surface area contributed by atoms with Crippen molar-refractivity contribution in [3.63, 3.8) is 0 Å². The van der Waals surface area contributed by atoms with Gasteiger partial charge in [-0.2, -0.15) is 0 Å².